The van der Waals surface area contributed by atoms with E-state index in [9.17, 15) is 19.2 Å². The molecule has 1 aliphatic rings. The molecular weight excluding hydrogens is 423 g/mol. The number of carboxylic acid groups (broad SMARTS) is 1. The molecule has 4 amide bonds. The van der Waals surface area contributed by atoms with Crippen LogP contribution >= 0.6 is 23.2 Å². The number of halogens is 2. The molecule has 0 radical (unpaired) electrons. The van der Waals surface area contributed by atoms with Gasteiger partial charge in [-0.05, 0) is 42.5 Å². The van der Waals surface area contributed by atoms with Gasteiger partial charge in [-0.25, -0.2) is 14.5 Å². The van der Waals surface area contributed by atoms with Crippen LogP contribution in [0.25, 0.3) is 6.08 Å². The Morgan fingerprint density at radius 1 is 1.10 bits per heavy atom. The third-order valence-corrected chi connectivity index (χ3v) is 4.26. The summed E-state index contributed by atoms with van der Waals surface area (Å²) in [6.45, 7) is -0.634. The number of carbonyl (C=O) groups is 4. The third-order valence-electron chi connectivity index (χ3n) is 3.79. The minimum absolute atomic E-state index is 0.0936. The van der Waals surface area contributed by atoms with Crippen molar-refractivity contribution in [3.63, 3.8) is 0 Å². The molecule has 0 aliphatic carbocycles. The zero-order chi connectivity index (χ0) is 21.1. The number of carboxylic acids is 1. The number of imide groups is 2. The smallest absolute Gasteiger partial charge is 0.341 e. The predicted octanol–water partition coefficient (Wildman–Crippen LogP) is 3.12. The Kier molecular flexibility index (Phi) is 5.86. The lowest BCUT2D eigenvalue weighted by molar-refractivity contribution is -0.139. The van der Waals surface area contributed by atoms with E-state index >= 15 is 0 Å². The number of aliphatic carboxylic acids is 1. The number of nitrogens with zero attached hydrogens (tertiary/aromatic N) is 1. The molecule has 1 heterocycles. The number of anilines is 1. The molecule has 2 aromatic rings. The molecule has 3 rings (SSSR count). The van der Waals surface area contributed by atoms with Crippen molar-refractivity contribution >= 4 is 58.8 Å². The molecule has 0 aromatic heterocycles. The van der Waals surface area contributed by atoms with E-state index in [1.807, 2.05) is 0 Å². The number of hydrogen-bond donors (Lipinski definition) is 2. The second-order valence-electron chi connectivity index (χ2n) is 5.80. The molecule has 8 nitrogen and oxygen atoms in total. The van der Waals surface area contributed by atoms with Gasteiger partial charge >= 0.3 is 12.0 Å². The van der Waals surface area contributed by atoms with Gasteiger partial charge in [0.05, 0.1) is 5.69 Å². The number of benzene rings is 2. The van der Waals surface area contributed by atoms with Crippen LogP contribution in [0.4, 0.5) is 10.5 Å². The Labute approximate surface area is 174 Å². The van der Waals surface area contributed by atoms with E-state index in [-0.39, 0.29) is 27.6 Å². The summed E-state index contributed by atoms with van der Waals surface area (Å²) in [5, 5.41) is 11.4. The van der Waals surface area contributed by atoms with Gasteiger partial charge in [-0.15, -0.1) is 0 Å². The predicted molar refractivity (Wildman–Crippen MR) is 105 cm³/mol. The summed E-state index contributed by atoms with van der Waals surface area (Å²) in [5.74, 6) is -2.91. The van der Waals surface area contributed by atoms with Gasteiger partial charge in [0, 0.05) is 15.6 Å². The summed E-state index contributed by atoms with van der Waals surface area (Å²) in [5.41, 5.74) is -0.00324. The van der Waals surface area contributed by atoms with Crippen LogP contribution in [0.2, 0.25) is 10.0 Å². The van der Waals surface area contributed by atoms with Crippen molar-refractivity contribution in [2.24, 2.45) is 0 Å². The fraction of sp³-hybridized carbons (Fsp3) is 0.0526. The summed E-state index contributed by atoms with van der Waals surface area (Å²) in [6.07, 6.45) is 1.17. The summed E-state index contributed by atoms with van der Waals surface area (Å²) >= 11 is 11.9. The Morgan fingerprint density at radius 2 is 1.83 bits per heavy atom. The number of urea groups is 1. The van der Waals surface area contributed by atoms with Crippen molar-refractivity contribution in [3.8, 4) is 5.75 Å². The molecule has 1 aliphatic heterocycles. The van der Waals surface area contributed by atoms with Gasteiger partial charge in [-0.3, -0.25) is 14.9 Å². The van der Waals surface area contributed by atoms with E-state index in [0.29, 0.717) is 5.02 Å². The number of amides is 4. The zero-order valence-electron chi connectivity index (χ0n) is 14.5. The van der Waals surface area contributed by atoms with Crippen LogP contribution < -0.4 is 15.0 Å². The van der Waals surface area contributed by atoms with Gasteiger partial charge in [-0.1, -0.05) is 29.3 Å². The Morgan fingerprint density at radius 3 is 2.52 bits per heavy atom. The first-order valence-corrected chi connectivity index (χ1v) is 8.83. The second kappa shape index (κ2) is 8.34. The van der Waals surface area contributed by atoms with Gasteiger partial charge in [0.15, 0.2) is 6.61 Å². The van der Waals surface area contributed by atoms with Crippen molar-refractivity contribution in [2.75, 3.05) is 11.5 Å². The van der Waals surface area contributed by atoms with E-state index in [1.165, 1.54) is 36.4 Å². The number of nitrogens with one attached hydrogen (secondary N) is 1. The van der Waals surface area contributed by atoms with Crippen LogP contribution in [0.15, 0.2) is 48.0 Å². The highest BCUT2D eigenvalue weighted by Gasteiger charge is 2.37. The first kappa shape index (κ1) is 20.4. The van der Waals surface area contributed by atoms with Crippen molar-refractivity contribution in [1.82, 2.24) is 5.32 Å². The van der Waals surface area contributed by atoms with Crippen LogP contribution in [0.1, 0.15) is 5.56 Å². The maximum absolute atomic E-state index is 12.9. The summed E-state index contributed by atoms with van der Waals surface area (Å²) < 4.78 is 5.17. The molecule has 2 aromatic carbocycles. The summed E-state index contributed by atoms with van der Waals surface area (Å²) in [6, 6.07) is 9.34. The zero-order valence-corrected chi connectivity index (χ0v) is 16.0. The second-order valence-corrected chi connectivity index (χ2v) is 6.68. The molecule has 1 fully saturated rings. The van der Waals surface area contributed by atoms with E-state index < -0.39 is 30.4 Å². The molecule has 0 bridgehead atoms. The quantitative estimate of drug-likeness (QED) is 0.551. The number of barbiturate groups is 1. The highest BCUT2D eigenvalue weighted by atomic mass is 35.5. The topological polar surface area (TPSA) is 113 Å². The number of carbonyl (C=O) groups excluding carboxylic acids is 3. The minimum Gasteiger partial charge on any atom is -0.481 e. The lowest BCUT2D eigenvalue weighted by Gasteiger charge is -2.26. The lowest BCUT2D eigenvalue weighted by Crippen LogP contribution is -2.54. The monoisotopic (exact) mass is 434 g/mol. The van der Waals surface area contributed by atoms with Crippen LogP contribution in [0.5, 0.6) is 5.75 Å². The number of ether oxygens (including phenoxy) is 1. The van der Waals surface area contributed by atoms with Gasteiger partial charge in [-0.2, -0.15) is 0 Å². The van der Waals surface area contributed by atoms with Gasteiger partial charge < -0.3 is 9.84 Å². The summed E-state index contributed by atoms with van der Waals surface area (Å²) in [4.78, 5) is 48.9. The fourth-order valence-corrected chi connectivity index (χ4v) is 2.93. The molecule has 1 saturated heterocycles. The minimum atomic E-state index is -1.21. The van der Waals surface area contributed by atoms with Crippen molar-refractivity contribution < 1.29 is 29.0 Å². The molecule has 0 atom stereocenters. The SMILES string of the molecule is O=C(O)COc1ccc(Cl)cc1/C=C1\C(=O)NC(=O)N(c2cccc(Cl)c2)C1=O. The van der Waals surface area contributed by atoms with E-state index in [1.54, 1.807) is 12.1 Å². The molecule has 29 heavy (non-hydrogen) atoms. The van der Waals surface area contributed by atoms with Crippen LogP contribution in [-0.4, -0.2) is 35.5 Å². The molecule has 148 valence electrons. The van der Waals surface area contributed by atoms with Crippen LogP contribution in [0, 0.1) is 0 Å². The Hall–Kier alpha value is -3.36. The lowest BCUT2D eigenvalue weighted by atomic mass is 10.1. The highest BCUT2D eigenvalue weighted by Crippen LogP contribution is 2.28. The average Bonchev–Trinajstić information content (AvgIpc) is 2.64. The van der Waals surface area contributed by atoms with E-state index in [4.69, 9.17) is 33.0 Å². The van der Waals surface area contributed by atoms with Gasteiger partial charge in [0.25, 0.3) is 11.8 Å². The van der Waals surface area contributed by atoms with Gasteiger partial charge in [0.1, 0.15) is 11.3 Å². The number of rotatable bonds is 5. The maximum Gasteiger partial charge on any atom is 0.341 e. The largest absolute Gasteiger partial charge is 0.481 e. The third kappa shape index (κ3) is 4.56. The van der Waals surface area contributed by atoms with Crippen molar-refractivity contribution in [2.45, 2.75) is 0 Å². The summed E-state index contributed by atoms with van der Waals surface area (Å²) in [7, 11) is 0. The molecular formula is C19H12Cl2N2O6. The van der Waals surface area contributed by atoms with E-state index in [2.05, 4.69) is 5.32 Å². The fourth-order valence-electron chi connectivity index (χ4n) is 2.57. The van der Waals surface area contributed by atoms with Gasteiger partial charge in [0.2, 0.25) is 0 Å². The van der Waals surface area contributed by atoms with Crippen molar-refractivity contribution in [1.29, 1.82) is 0 Å². The normalized spacial score (nSPS) is 15.4. The Bertz CT molecular complexity index is 1070. The molecule has 2 N–H and O–H groups in total. The maximum atomic E-state index is 12.9. The molecule has 0 saturated carbocycles. The molecule has 0 unspecified atom stereocenters. The van der Waals surface area contributed by atoms with Crippen LogP contribution in [-0.2, 0) is 14.4 Å². The highest BCUT2D eigenvalue weighted by molar-refractivity contribution is 6.39. The molecule has 0 spiro atoms. The standard InChI is InChI=1S/C19H12Cl2N2O6/c20-11-2-1-3-13(8-11)23-18(27)14(17(26)22-19(23)28)7-10-6-12(21)4-5-15(10)29-9-16(24)25/h1-8H,9H2,(H,24,25)(H,22,26,28)/b14-7+. The average molecular weight is 435 g/mol. The first-order valence-electron chi connectivity index (χ1n) is 8.07. The van der Waals surface area contributed by atoms with E-state index in [0.717, 1.165) is 4.90 Å². The van der Waals surface area contributed by atoms with Crippen LogP contribution in [0.3, 0.4) is 0 Å². The van der Waals surface area contributed by atoms with Crippen molar-refractivity contribution in [3.05, 3.63) is 63.6 Å². The molecule has 10 heteroatoms. The number of hydrogen-bond acceptors (Lipinski definition) is 5. The Balaban J connectivity index is 2.03. The first-order chi connectivity index (χ1) is 13.8.